The van der Waals surface area contributed by atoms with Crippen LogP contribution in [0.4, 0.5) is 0 Å². The van der Waals surface area contributed by atoms with E-state index in [1.165, 1.54) is 27.6 Å². The van der Waals surface area contributed by atoms with Gasteiger partial charge in [-0.15, -0.1) is 0 Å². The molecule has 14 heavy (non-hydrogen) atoms. The van der Waals surface area contributed by atoms with Gasteiger partial charge in [-0.05, 0) is 61.0 Å². The average molecular weight is 188 g/mol. The van der Waals surface area contributed by atoms with Gasteiger partial charge in [0, 0.05) is 11.7 Å². The van der Waals surface area contributed by atoms with Gasteiger partial charge in [-0.1, -0.05) is 0 Å². The number of fused-ring (bicyclic) bond motifs is 1. The summed E-state index contributed by atoms with van der Waals surface area (Å²) in [7, 11) is 0. The Bertz CT molecular complexity index is 455. The van der Waals surface area contributed by atoms with Gasteiger partial charge in [-0.3, -0.25) is 0 Å². The van der Waals surface area contributed by atoms with Crippen LogP contribution in [-0.4, -0.2) is 11.5 Å². The molecule has 2 aromatic rings. The molecule has 0 bridgehead atoms. The highest BCUT2D eigenvalue weighted by Crippen LogP contribution is 2.24. The second kappa shape index (κ2) is 3.46. The summed E-state index contributed by atoms with van der Waals surface area (Å²) in [5, 5.41) is 1.29. The van der Waals surface area contributed by atoms with Crippen molar-refractivity contribution >= 4 is 10.9 Å². The van der Waals surface area contributed by atoms with Crippen molar-refractivity contribution in [2.45, 2.75) is 20.3 Å². The molecule has 0 aliphatic rings. The Morgan fingerprint density at radius 3 is 2.86 bits per heavy atom. The van der Waals surface area contributed by atoms with E-state index in [4.69, 9.17) is 5.73 Å². The maximum atomic E-state index is 5.61. The van der Waals surface area contributed by atoms with Gasteiger partial charge < -0.3 is 10.7 Å². The largest absolute Gasteiger partial charge is 0.361 e. The molecule has 0 saturated heterocycles. The number of aromatic amines is 1. The average Bonchev–Trinajstić information content (AvgIpc) is 2.60. The van der Waals surface area contributed by atoms with Crippen molar-refractivity contribution < 1.29 is 0 Å². The molecule has 0 radical (unpaired) electrons. The zero-order valence-corrected chi connectivity index (χ0v) is 8.72. The van der Waals surface area contributed by atoms with Crippen LogP contribution in [0.15, 0.2) is 18.3 Å². The molecule has 0 atom stereocenters. The molecule has 0 amide bonds. The molecule has 1 aromatic heterocycles. The molecule has 0 unspecified atom stereocenters. The van der Waals surface area contributed by atoms with Crippen LogP contribution in [0.2, 0.25) is 0 Å². The molecule has 1 aromatic carbocycles. The molecule has 0 spiro atoms. The number of aryl methyl sites for hydroxylation is 2. The maximum Gasteiger partial charge on any atom is 0.0486 e. The van der Waals surface area contributed by atoms with Gasteiger partial charge in [0.25, 0.3) is 0 Å². The molecule has 3 N–H and O–H groups in total. The highest BCUT2D eigenvalue weighted by molar-refractivity contribution is 5.84. The van der Waals surface area contributed by atoms with E-state index in [1.54, 1.807) is 0 Å². The number of nitrogens with one attached hydrogen (secondary N) is 1. The summed E-state index contributed by atoms with van der Waals surface area (Å²) >= 11 is 0. The number of nitrogens with two attached hydrogens (primary N) is 1. The van der Waals surface area contributed by atoms with Crippen LogP contribution in [0, 0.1) is 13.8 Å². The monoisotopic (exact) mass is 188 g/mol. The van der Waals surface area contributed by atoms with Gasteiger partial charge in [0.05, 0.1) is 0 Å². The van der Waals surface area contributed by atoms with Crippen molar-refractivity contribution in [2.75, 3.05) is 6.54 Å². The molecular formula is C12H16N2. The zero-order valence-electron chi connectivity index (χ0n) is 8.72. The van der Waals surface area contributed by atoms with E-state index >= 15 is 0 Å². The normalized spacial score (nSPS) is 11.1. The number of aromatic nitrogens is 1. The molecule has 1 heterocycles. The van der Waals surface area contributed by atoms with E-state index in [0.717, 1.165) is 6.42 Å². The fourth-order valence-corrected chi connectivity index (χ4v) is 2.12. The van der Waals surface area contributed by atoms with E-state index in [0.29, 0.717) is 6.54 Å². The van der Waals surface area contributed by atoms with Crippen molar-refractivity contribution in [1.82, 2.24) is 4.98 Å². The van der Waals surface area contributed by atoms with Crippen molar-refractivity contribution in [3.63, 3.8) is 0 Å². The number of benzene rings is 1. The van der Waals surface area contributed by atoms with Crippen LogP contribution in [0.5, 0.6) is 0 Å². The Morgan fingerprint density at radius 1 is 1.36 bits per heavy atom. The molecule has 0 fully saturated rings. The van der Waals surface area contributed by atoms with E-state index in [9.17, 15) is 0 Å². The molecule has 2 rings (SSSR count). The van der Waals surface area contributed by atoms with Crippen LogP contribution in [0.1, 0.15) is 16.7 Å². The first-order valence-electron chi connectivity index (χ1n) is 5.00. The van der Waals surface area contributed by atoms with E-state index in [-0.39, 0.29) is 0 Å². The first-order valence-corrected chi connectivity index (χ1v) is 5.00. The standard InChI is InChI=1S/C12H16N2/c1-8-7-10-4-6-14-12(10)9(2)11(8)3-5-13/h4,6-7,14H,3,5,13H2,1-2H3. The van der Waals surface area contributed by atoms with Crippen LogP contribution in [0.3, 0.4) is 0 Å². The third kappa shape index (κ3) is 1.32. The van der Waals surface area contributed by atoms with Crippen LogP contribution in [0.25, 0.3) is 10.9 Å². The predicted molar refractivity (Wildman–Crippen MR) is 60.5 cm³/mol. The summed E-state index contributed by atoms with van der Waals surface area (Å²) in [4.78, 5) is 3.27. The quantitative estimate of drug-likeness (QED) is 0.746. The molecular weight excluding hydrogens is 172 g/mol. The Kier molecular flexibility index (Phi) is 2.30. The van der Waals surface area contributed by atoms with E-state index in [1.807, 2.05) is 6.20 Å². The van der Waals surface area contributed by atoms with Crippen molar-refractivity contribution in [3.05, 3.63) is 35.0 Å². The predicted octanol–water partition coefficient (Wildman–Crippen LogP) is 2.29. The molecule has 74 valence electrons. The lowest BCUT2D eigenvalue weighted by molar-refractivity contribution is 0.949. The Balaban J connectivity index is 2.69. The van der Waals surface area contributed by atoms with Gasteiger partial charge in [0.1, 0.15) is 0 Å². The second-order valence-electron chi connectivity index (χ2n) is 3.78. The zero-order chi connectivity index (χ0) is 10.1. The van der Waals surface area contributed by atoms with E-state index in [2.05, 4.69) is 31.0 Å². The molecule has 2 heteroatoms. The van der Waals surface area contributed by atoms with Gasteiger partial charge in [-0.2, -0.15) is 0 Å². The summed E-state index contributed by atoms with van der Waals surface area (Å²) in [5.41, 5.74) is 10.9. The van der Waals surface area contributed by atoms with Gasteiger partial charge in [0.2, 0.25) is 0 Å². The van der Waals surface area contributed by atoms with Crippen molar-refractivity contribution in [3.8, 4) is 0 Å². The first-order chi connectivity index (χ1) is 6.74. The summed E-state index contributed by atoms with van der Waals surface area (Å²) in [6, 6.07) is 4.34. The number of hydrogen-bond donors (Lipinski definition) is 2. The van der Waals surface area contributed by atoms with Gasteiger partial charge >= 0.3 is 0 Å². The topological polar surface area (TPSA) is 41.8 Å². The SMILES string of the molecule is Cc1cc2cc[nH]c2c(C)c1CCN. The van der Waals surface area contributed by atoms with Gasteiger partial charge in [-0.25, -0.2) is 0 Å². The lowest BCUT2D eigenvalue weighted by Crippen LogP contribution is -2.06. The third-order valence-electron chi connectivity index (χ3n) is 2.85. The number of hydrogen-bond acceptors (Lipinski definition) is 1. The van der Waals surface area contributed by atoms with Crippen LogP contribution >= 0.6 is 0 Å². The smallest absolute Gasteiger partial charge is 0.0486 e. The third-order valence-corrected chi connectivity index (χ3v) is 2.85. The minimum atomic E-state index is 0.716. The minimum absolute atomic E-state index is 0.716. The lowest BCUT2D eigenvalue weighted by Gasteiger charge is -2.09. The van der Waals surface area contributed by atoms with Crippen LogP contribution in [-0.2, 0) is 6.42 Å². The molecule has 0 aliphatic heterocycles. The fourth-order valence-electron chi connectivity index (χ4n) is 2.12. The summed E-state index contributed by atoms with van der Waals surface area (Å²) in [5.74, 6) is 0. The van der Waals surface area contributed by atoms with Gasteiger partial charge in [0.15, 0.2) is 0 Å². The maximum absolute atomic E-state index is 5.61. The lowest BCUT2D eigenvalue weighted by atomic mass is 9.97. The molecule has 2 nitrogen and oxygen atoms in total. The molecule has 0 aliphatic carbocycles. The molecule has 0 saturated carbocycles. The Hall–Kier alpha value is -1.28. The Morgan fingerprint density at radius 2 is 2.14 bits per heavy atom. The number of rotatable bonds is 2. The highest BCUT2D eigenvalue weighted by Gasteiger charge is 2.07. The van der Waals surface area contributed by atoms with Crippen LogP contribution < -0.4 is 5.73 Å². The Labute approximate surface area is 84.1 Å². The second-order valence-corrected chi connectivity index (χ2v) is 3.78. The van der Waals surface area contributed by atoms with Crippen molar-refractivity contribution in [2.24, 2.45) is 5.73 Å². The summed E-state index contributed by atoms with van der Waals surface area (Å²) in [6.45, 7) is 5.04. The summed E-state index contributed by atoms with van der Waals surface area (Å²) < 4.78 is 0. The van der Waals surface area contributed by atoms with Crippen molar-refractivity contribution in [1.29, 1.82) is 0 Å². The number of H-pyrrole nitrogens is 1. The first kappa shape index (κ1) is 9.28. The van der Waals surface area contributed by atoms with E-state index < -0.39 is 0 Å². The minimum Gasteiger partial charge on any atom is -0.361 e. The fraction of sp³-hybridized carbons (Fsp3) is 0.333. The highest BCUT2D eigenvalue weighted by atomic mass is 14.7. The summed E-state index contributed by atoms with van der Waals surface area (Å²) in [6.07, 6.45) is 2.95.